The van der Waals surface area contributed by atoms with E-state index < -0.39 is 17.6 Å². The fourth-order valence-corrected chi connectivity index (χ4v) is 3.98. The molecular formula is C29H40F4O2. The third kappa shape index (κ3) is 10.5. The molecule has 0 aliphatic heterocycles. The van der Waals surface area contributed by atoms with Crippen molar-refractivity contribution in [3.63, 3.8) is 0 Å². The molecule has 0 spiro atoms. The van der Waals surface area contributed by atoms with Gasteiger partial charge in [-0.15, -0.1) is 0 Å². The SMILES string of the molecule is CCCCCCCCOc1ccc(-c2ccc(OCCCCCCCC)c(C(F)(F)F)c2)cc1F. The summed E-state index contributed by atoms with van der Waals surface area (Å²) < 4.78 is 66.7. The fraction of sp³-hybridized carbons (Fsp3) is 0.586. The molecule has 0 radical (unpaired) electrons. The number of halogens is 4. The third-order valence-corrected chi connectivity index (χ3v) is 6.06. The molecule has 0 saturated carbocycles. The molecule has 2 nitrogen and oxygen atoms in total. The molecule has 6 heteroatoms. The molecule has 0 amide bonds. The van der Waals surface area contributed by atoms with E-state index in [4.69, 9.17) is 9.47 Å². The van der Waals surface area contributed by atoms with Gasteiger partial charge in [-0.05, 0) is 48.2 Å². The van der Waals surface area contributed by atoms with Gasteiger partial charge in [-0.3, -0.25) is 0 Å². The second-order valence-corrected chi connectivity index (χ2v) is 9.09. The van der Waals surface area contributed by atoms with E-state index in [0.29, 0.717) is 18.6 Å². The van der Waals surface area contributed by atoms with E-state index in [0.717, 1.165) is 51.0 Å². The van der Waals surface area contributed by atoms with Crippen LogP contribution in [0.25, 0.3) is 11.1 Å². The first-order valence-electron chi connectivity index (χ1n) is 13.1. The van der Waals surface area contributed by atoms with Crippen molar-refractivity contribution < 1.29 is 27.0 Å². The summed E-state index contributed by atoms with van der Waals surface area (Å²) in [6.07, 6.45) is 8.24. The van der Waals surface area contributed by atoms with Crippen LogP contribution in [0.15, 0.2) is 36.4 Å². The summed E-state index contributed by atoms with van der Waals surface area (Å²) in [6.45, 7) is 4.97. The lowest BCUT2D eigenvalue weighted by Crippen LogP contribution is -2.10. The molecule has 0 fully saturated rings. The van der Waals surface area contributed by atoms with Crippen molar-refractivity contribution in [1.29, 1.82) is 0 Å². The molecule has 2 aromatic carbocycles. The molecule has 35 heavy (non-hydrogen) atoms. The Morgan fingerprint density at radius 2 is 1.06 bits per heavy atom. The lowest BCUT2D eigenvalue weighted by Gasteiger charge is -2.16. The van der Waals surface area contributed by atoms with Crippen LogP contribution in [0, 0.1) is 5.82 Å². The normalized spacial score (nSPS) is 11.6. The van der Waals surface area contributed by atoms with Gasteiger partial charge in [0.15, 0.2) is 11.6 Å². The zero-order chi connectivity index (χ0) is 25.5. The second-order valence-electron chi connectivity index (χ2n) is 9.09. The predicted molar refractivity (Wildman–Crippen MR) is 135 cm³/mol. The number of ether oxygens (including phenoxy) is 2. The Bertz CT molecular complexity index is 864. The zero-order valence-electron chi connectivity index (χ0n) is 21.2. The highest BCUT2D eigenvalue weighted by Crippen LogP contribution is 2.39. The molecule has 0 N–H and O–H groups in total. The van der Waals surface area contributed by atoms with Gasteiger partial charge in [0, 0.05) is 0 Å². The van der Waals surface area contributed by atoms with Crippen molar-refractivity contribution in [3.8, 4) is 22.6 Å². The maximum atomic E-state index is 14.6. The summed E-state index contributed by atoms with van der Waals surface area (Å²) in [6, 6.07) is 8.20. The van der Waals surface area contributed by atoms with Crippen LogP contribution in [0.5, 0.6) is 11.5 Å². The Kier molecular flexibility index (Phi) is 13.0. The summed E-state index contributed by atoms with van der Waals surface area (Å²) in [7, 11) is 0. The molecule has 2 rings (SSSR count). The molecule has 0 bridgehead atoms. The standard InChI is InChI=1S/C29H40F4O2/c1-3-5-7-9-11-13-19-34-27-17-15-23(21-25(27)29(31,32)33)24-16-18-28(26(30)22-24)35-20-14-12-10-8-6-4-2/h15-18,21-22H,3-14,19-20H2,1-2H3. The maximum Gasteiger partial charge on any atom is 0.419 e. The highest BCUT2D eigenvalue weighted by Gasteiger charge is 2.34. The average molecular weight is 497 g/mol. The first kappa shape index (κ1) is 29.0. The number of alkyl halides is 3. The van der Waals surface area contributed by atoms with E-state index in [1.807, 2.05) is 0 Å². The molecule has 0 aliphatic carbocycles. The molecule has 0 unspecified atom stereocenters. The van der Waals surface area contributed by atoms with Crippen molar-refractivity contribution >= 4 is 0 Å². The van der Waals surface area contributed by atoms with E-state index in [-0.39, 0.29) is 23.7 Å². The Labute approximate surface area is 208 Å². The van der Waals surface area contributed by atoms with Gasteiger partial charge in [0.25, 0.3) is 0 Å². The van der Waals surface area contributed by atoms with Gasteiger partial charge in [0.1, 0.15) is 5.75 Å². The molecule has 0 aromatic heterocycles. The minimum atomic E-state index is -4.56. The molecule has 0 atom stereocenters. The quantitative estimate of drug-likeness (QED) is 0.160. The van der Waals surface area contributed by atoms with Crippen LogP contribution >= 0.6 is 0 Å². The monoisotopic (exact) mass is 496 g/mol. The van der Waals surface area contributed by atoms with E-state index >= 15 is 0 Å². The Hall–Kier alpha value is -2.24. The smallest absolute Gasteiger partial charge is 0.419 e. The average Bonchev–Trinajstić information content (AvgIpc) is 2.83. The molecule has 0 aliphatic rings. The van der Waals surface area contributed by atoms with Gasteiger partial charge in [0.05, 0.1) is 18.8 Å². The Balaban J connectivity index is 1.97. The van der Waals surface area contributed by atoms with Crippen LogP contribution in [-0.4, -0.2) is 13.2 Å². The van der Waals surface area contributed by atoms with Crippen molar-refractivity contribution in [2.24, 2.45) is 0 Å². The summed E-state index contributed by atoms with van der Waals surface area (Å²) in [4.78, 5) is 0. The minimum absolute atomic E-state index is 0.122. The topological polar surface area (TPSA) is 18.5 Å². The van der Waals surface area contributed by atoms with Crippen LogP contribution in [0.3, 0.4) is 0 Å². The molecule has 0 saturated heterocycles. The van der Waals surface area contributed by atoms with Crippen LogP contribution in [0.4, 0.5) is 17.6 Å². The van der Waals surface area contributed by atoms with E-state index in [9.17, 15) is 17.6 Å². The van der Waals surface area contributed by atoms with E-state index in [1.54, 1.807) is 6.07 Å². The Morgan fingerprint density at radius 1 is 0.600 bits per heavy atom. The maximum absolute atomic E-state index is 14.6. The van der Waals surface area contributed by atoms with Gasteiger partial charge in [0.2, 0.25) is 0 Å². The van der Waals surface area contributed by atoms with Crippen molar-refractivity contribution in [2.45, 2.75) is 97.1 Å². The summed E-state index contributed by atoms with van der Waals surface area (Å²) in [5.41, 5.74) is -0.196. The van der Waals surface area contributed by atoms with Crippen molar-refractivity contribution in [2.75, 3.05) is 13.2 Å². The van der Waals surface area contributed by atoms with Crippen LogP contribution in [-0.2, 0) is 6.18 Å². The first-order chi connectivity index (χ1) is 16.9. The van der Waals surface area contributed by atoms with Crippen molar-refractivity contribution in [1.82, 2.24) is 0 Å². The van der Waals surface area contributed by atoms with Gasteiger partial charge < -0.3 is 9.47 Å². The third-order valence-electron chi connectivity index (χ3n) is 6.06. The fourth-order valence-electron chi connectivity index (χ4n) is 3.98. The largest absolute Gasteiger partial charge is 0.493 e. The predicted octanol–water partition coefficient (Wildman–Crippen LogP) is 9.99. The number of unbranched alkanes of at least 4 members (excludes halogenated alkanes) is 10. The van der Waals surface area contributed by atoms with Crippen LogP contribution < -0.4 is 9.47 Å². The molecular weight excluding hydrogens is 456 g/mol. The summed E-state index contributed by atoms with van der Waals surface area (Å²) >= 11 is 0. The first-order valence-corrected chi connectivity index (χ1v) is 13.1. The molecule has 2 aromatic rings. The van der Waals surface area contributed by atoms with E-state index in [1.165, 1.54) is 49.9 Å². The van der Waals surface area contributed by atoms with Crippen LogP contribution in [0.2, 0.25) is 0 Å². The van der Waals surface area contributed by atoms with E-state index in [2.05, 4.69) is 13.8 Å². The Morgan fingerprint density at radius 3 is 1.57 bits per heavy atom. The number of benzene rings is 2. The highest BCUT2D eigenvalue weighted by molar-refractivity contribution is 5.67. The summed E-state index contributed by atoms with van der Waals surface area (Å²) in [5.74, 6) is -0.642. The van der Waals surface area contributed by atoms with Crippen molar-refractivity contribution in [3.05, 3.63) is 47.8 Å². The minimum Gasteiger partial charge on any atom is -0.493 e. The number of hydrogen-bond acceptors (Lipinski definition) is 2. The van der Waals surface area contributed by atoms with Crippen LogP contribution in [0.1, 0.15) is 96.5 Å². The lowest BCUT2D eigenvalue weighted by molar-refractivity contribution is -0.138. The number of hydrogen-bond donors (Lipinski definition) is 0. The zero-order valence-corrected chi connectivity index (χ0v) is 21.2. The highest BCUT2D eigenvalue weighted by atomic mass is 19.4. The van der Waals surface area contributed by atoms with Gasteiger partial charge in [-0.2, -0.15) is 13.2 Å². The summed E-state index contributed by atoms with van der Waals surface area (Å²) in [5, 5.41) is 0. The lowest BCUT2D eigenvalue weighted by atomic mass is 10.0. The van der Waals surface area contributed by atoms with Gasteiger partial charge in [-0.1, -0.05) is 90.2 Å². The molecule has 196 valence electrons. The second kappa shape index (κ2) is 15.7. The van der Waals surface area contributed by atoms with Gasteiger partial charge >= 0.3 is 6.18 Å². The van der Waals surface area contributed by atoms with Gasteiger partial charge in [-0.25, -0.2) is 4.39 Å². The number of rotatable bonds is 17. The molecule has 0 heterocycles.